The second-order valence-corrected chi connectivity index (χ2v) is 8.79. The van der Waals surface area contributed by atoms with Crippen molar-refractivity contribution in [3.8, 4) is 5.69 Å². The average molecular weight is 470 g/mol. The fourth-order valence-corrected chi connectivity index (χ4v) is 4.26. The van der Waals surface area contributed by atoms with E-state index in [0.717, 1.165) is 24.0 Å². The standard InChI is InChI=1S/C27H24ClN5O/c1-17(11-12-18-7-3-2-4-8-18)30-27(34)23-24-26(32-22-10-6-5-9-21(22)31-24)33(25(23)29)20-15-13-19(28)14-16-20/h2-10,13-17H,11-12,29H2,1H3,(H,30,34)/t17-/m1/s1. The van der Waals surface area contributed by atoms with Gasteiger partial charge in [-0.2, -0.15) is 0 Å². The minimum absolute atomic E-state index is 0.0468. The van der Waals surface area contributed by atoms with E-state index in [1.165, 1.54) is 5.56 Å². The van der Waals surface area contributed by atoms with E-state index in [-0.39, 0.29) is 11.9 Å². The molecule has 1 amide bonds. The molecule has 170 valence electrons. The molecule has 0 aliphatic rings. The molecule has 5 aromatic rings. The van der Waals surface area contributed by atoms with E-state index in [1.807, 2.05) is 61.5 Å². The van der Waals surface area contributed by atoms with Crippen LogP contribution in [0.15, 0.2) is 78.9 Å². The quantitative estimate of drug-likeness (QED) is 0.341. The number of nitrogens with two attached hydrogens (primary N) is 1. The van der Waals surface area contributed by atoms with Gasteiger partial charge in [-0.1, -0.05) is 54.1 Å². The summed E-state index contributed by atoms with van der Waals surface area (Å²) in [4.78, 5) is 23.0. The summed E-state index contributed by atoms with van der Waals surface area (Å²) in [5.74, 6) is 0.0285. The van der Waals surface area contributed by atoms with Crippen LogP contribution in [0, 0.1) is 0 Å². The number of carbonyl (C=O) groups is 1. The Labute approximate surface area is 202 Å². The maximum Gasteiger partial charge on any atom is 0.257 e. The van der Waals surface area contributed by atoms with Crippen molar-refractivity contribution in [1.29, 1.82) is 0 Å². The van der Waals surface area contributed by atoms with Gasteiger partial charge in [-0.25, -0.2) is 9.97 Å². The van der Waals surface area contributed by atoms with Gasteiger partial charge >= 0.3 is 0 Å². The highest BCUT2D eigenvalue weighted by molar-refractivity contribution is 6.30. The summed E-state index contributed by atoms with van der Waals surface area (Å²) in [6, 6.07) is 25.0. The zero-order valence-electron chi connectivity index (χ0n) is 18.7. The highest BCUT2D eigenvalue weighted by Crippen LogP contribution is 2.31. The van der Waals surface area contributed by atoms with E-state index < -0.39 is 0 Å². The third-order valence-corrected chi connectivity index (χ3v) is 6.15. The summed E-state index contributed by atoms with van der Waals surface area (Å²) in [6.07, 6.45) is 1.68. The number of amides is 1. The largest absolute Gasteiger partial charge is 0.384 e. The van der Waals surface area contributed by atoms with Crippen LogP contribution in [0.5, 0.6) is 0 Å². The number of hydrogen-bond acceptors (Lipinski definition) is 4. The summed E-state index contributed by atoms with van der Waals surface area (Å²) in [6.45, 7) is 2.00. The number of aromatic nitrogens is 3. The lowest BCUT2D eigenvalue weighted by molar-refractivity contribution is 0.0941. The third kappa shape index (κ3) is 4.20. The zero-order chi connectivity index (χ0) is 23.7. The molecule has 0 aliphatic carbocycles. The van der Waals surface area contributed by atoms with E-state index in [1.54, 1.807) is 16.7 Å². The number of carbonyl (C=O) groups excluding carboxylic acids is 1. The van der Waals surface area contributed by atoms with E-state index in [2.05, 4.69) is 17.4 Å². The minimum Gasteiger partial charge on any atom is -0.384 e. The van der Waals surface area contributed by atoms with Gasteiger partial charge < -0.3 is 11.1 Å². The topological polar surface area (TPSA) is 85.8 Å². The molecule has 0 saturated carbocycles. The molecule has 0 radical (unpaired) electrons. The van der Waals surface area contributed by atoms with Gasteiger partial charge in [0, 0.05) is 16.8 Å². The maximum atomic E-state index is 13.4. The molecule has 0 unspecified atom stereocenters. The highest BCUT2D eigenvalue weighted by atomic mass is 35.5. The first-order valence-corrected chi connectivity index (χ1v) is 11.6. The van der Waals surface area contributed by atoms with Gasteiger partial charge in [0.2, 0.25) is 0 Å². The molecule has 0 aliphatic heterocycles. The van der Waals surface area contributed by atoms with Crippen LogP contribution >= 0.6 is 11.6 Å². The fraction of sp³-hybridized carbons (Fsp3) is 0.148. The highest BCUT2D eigenvalue weighted by Gasteiger charge is 2.25. The van der Waals surface area contributed by atoms with Crippen molar-refractivity contribution in [3.63, 3.8) is 0 Å². The van der Waals surface area contributed by atoms with Crippen LogP contribution in [0.2, 0.25) is 5.02 Å². The Morgan fingerprint density at radius 1 is 0.971 bits per heavy atom. The molecule has 34 heavy (non-hydrogen) atoms. The Bertz CT molecular complexity index is 1480. The molecule has 5 rings (SSSR count). The van der Waals surface area contributed by atoms with Crippen LogP contribution in [0.3, 0.4) is 0 Å². The number of nitrogens with zero attached hydrogens (tertiary/aromatic N) is 3. The minimum atomic E-state index is -0.264. The van der Waals surface area contributed by atoms with Crippen molar-refractivity contribution in [1.82, 2.24) is 19.9 Å². The summed E-state index contributed by atoms with van der Waals surface area (Å²) < 4.78 is 1.76. The predicted molar refractivity (Wildman–Crippen MR) is 137 cm³/mol. The van der Waals surface area contributed by atoms with E-state index in [0.29, 0.717) is 33.1 Å². The van der Waals surface area contributed by atoms with Gasteiger partial charge in [0.1, 0.15) is 16.9 Å². The number of hydrogen-bond donors (Lipinski definition) is 2. The Balaban J connectivity index is 1.54. The molecule has 3 aromatic carbocycles. The summed E-state index contributed by atoms with van der Waals surface area (Å²) in [7, 11) is 0. The molecule has 2 heterocycles. The van der Waals surface area contributed by atoms with Gasteiger partial charge in [0.15, 0.2) is 5.65 Å². The number of anilines is 1. The number of fused-ring (bicyclic) bond motifs is 2. The molecule has 0 fully saturated rings. The van der Waals surface area contributed by atoms with Crippen molar-refractivity contribution in [3.05, 3.63) is 95.0 Å². The van der Waals surface area contributed by atoms with E-state index in [9.17, 15) is 4.79 Å². The number of aryl methyl sites for hydroxylation is 1. The molecular weight excluding hydrogens is 446 g/mol. The zero-order valence-corrected chi connectivity index (χ0v) is 19.5. The van der Waals surface area contributed by atoms with Gasteiger partial charge in [-0.15, -0.1) is 0 Å². The predicted octanol–water partition coefficient (Wildman–Crippen LogP) is 5.56. The Morgan fingerprint density at radius 3 is 2.32 bits per heavy atom. The summed E-state index contributed by atoms with van der Waals surface area (Å²) >= 11 is 6.09. The molecule has 1 atom stereocenters. The van der Waals surface area contributed by atoms with Gasteiger partial charge in [0.05, 0.1) is 11.0 Å². The number of halogens is 1. The lowest BCUT2D eigenvalue weighted by atomic mass is 10.1. The molecular formula is C27H24ClN5O. The van der Waals surface area contributed by atoms with Crippen LogP contribution in [-0.2, 0) is 6.42 Å². The van der Waals surface area contributed by atoms with Crippen LogP contribution in [0.1, 0.15) is 29.3 Å². The fourth-order valence-electron chi connectivity index (χ4n) is 4.13. The van der Waals surface area contributed by atoms with E-state index in [4.69, 9.17) is 27.3 Å². The maximum absolute atomic E-state index is 13.4. The van der Waals surface area contributed by atoms with Crippen LogP contribution < -0.4 is 11.1 Å². The SMILES string of the molecule is C[C@H](CCc1ccccc1)NC(=O)c1c(N)n(-c2ccc(Cl)cc2)c2nc3ccccc3nc12. The molecule has 7 heteroatoms. The third-order valence-electron chi connectivity index (χ3n) is 5.90. The Hall–Kier alpha value is -3.90. The molecule has 0 saturated heterocycles. The van der Waals surface area contributed by atoms with Crippen LogP contribution in [0.4, 0.5) is 5.82 Å². The molecule has 0 bridgehead atoms. The number of rotatable bonds is 6. The normalized spacial score (nSPS) is 12.2. The molecule has 2 aromatic heterocycles. The lowest BCUT2D eigenvalue weighted by Gasteiger charge is -2.14. The molecule has 0 spiro atoms. The Kier molecular flexibility index (Phi) is 5.90. The monoisotopic (exact) mass is 469 g/mol. The first-order valence-electron chi connectivity index (χ1n) is 11.2. The van der Waals surface area contributed by atoms with Gasteiger partial charge in [0.25, 0.3) is 5.91 Å². The first-order chi connectivity index (χ1) is 16.5. The Morgan fingerprint density at radius 2 is 1.62 bits per heavy atom. The number of nitrogen functional groups attached to an aromatic ring is 1. The lowest BCUT2D eigenvalue weighted by Crippen LogP contribution is -2.33. The van der Waals surface area contributed by atoms with Gasteiger partial charge in [-0.05, 0) is 61.7 Å². The van der Waals surface area contributed by atoms with Crippen LogP contribution in [-0.4, -0.2) is 26.5 Å². The summed E-state index contributed by atoms with van der Waals surface area (Å²) in [5.41, 5.74) is 11.3. The van der Waals surface area contributed by atoms with Crippen LogP contribution in [0.25, 0.3) is 27.9 Å². The van der Waals surface area contributed by atoms with Crippen molar-refractivity contribution >= 4 is 45.5 Å². The van der Waals surface area contributed by atoms with Crippen molar-refractivity contribution in [2.24, 2.45) is 0 Å². The second-order valence-electron chi connectivity index (χ2n) is 8.36. The summed E-state index contributed by atoms with van der Waals surface area (Å²) in [5, 5.41) is 3.71. The van der Waals surface area contributed by atoms with Crippen molar-refractivity contribution in [2.75, 3.05) is 5.73 Å². The van der Waals surface area contributed by atoms with E-state index >= 15 is 0 Å². The first kappa shape index (κ1) is 21.9. The smallest absolute Gasteiger partial charge is 0.257 e. The number of benzene rings is 3. The van der Waals surface area contributed by atoms with Gasteiger partial charge in [-0.3, -0.25) is 9.36 Å². The number of nitrogens with one attached hydrogen (secondary N) is 1. The second kappa shape index (κ2) is 9.15. The molecule has 3 N–H and O–H groups in total. The average Bonchev–Trinajstić information content (AvgIpc) is 3.13. The molecule has 6 nitrogen and oxygen atoms in total. The van der Waals surface area contributed by atoms with Crippen molar-refractivity contribution in [2.45, 2.75) is 25.8 Å². The van der Waals surface area contributed by atoms with Crippen molar-refractivity contribution < 1.29 is 4.79 Å². The number of para-hydroxylation sites is 2.